The zero-order chi connectivity index (χ0) is 18.4. The summed E-state index contributed by atoms with van der Waals surface area (Å²) in [6.07, 6.45) is 1.54. The molecule has 132 valence electrons. The van der Waals surface area contributed by atoms with Gasteiger partial charge in [-0.25, -0.2) is 4.98 Å². The van der Waals surface area contributed by atoms with Crippen molar-refractivity contribution in [3.05, 3.63) is 89.6 Å². The molecule has 0 saturated carbocycles. The Morgan fingerprint density at radius 1 is 0.962 bits per heavy atom. The van der Waals surface area contributed by atoms with E-state index in [0.29, 0.717) is 5.76 Å². The Bertz CT molecular complexity index is 876. The number of nitrogens with one attached hydrogen (secondary N) is 2. The van der Waals surface area contributed by atoms with Crippen LogP contribution in [0.3, 0.4) is 0 Å². The van der Waals surface area contributed by atoms with Crippen LogP contribution in [0.4, 0.5) is 0 Å². The quantitative estimate of drug-likeness (QED) is 0.716. The first-order chi connectivity index (χ1) is 12.6. The van der Waals surface area contributed by atoms with Gasteiger partial charge in [-0.05, 0) is 36.8 Å². The van der Waals surface area contributed by atoms with Gasteiger partial charge in [0.25, 0.3) is 11.8 Å². The molecule has 0 aliphatic carbocycles. The van der Waals surface area contributed by atoms with Crippen molar-refractivity contribution in [3.63, 3.8) is 0 Å². The van der Waals surface area contributed by atoms with Gasteiger partial charge in [-0.15, -0.1) is 0 Å². The zero-order valence-electron chi connectivity index (χ0n) is 14.3. The standard InChI is InChI=1S/C20H19N3O3/c1-14(15-7-3-2-4-8-15)22-20(25)18-11-5-10-17(23-18)19(24)21-13-16-9-6-12-26-16/h2-12,14H,13H2,1H3,(H,21,24)(H,22,25). The molecule has 1 aromatic carbocycles. The molecule has 3 aromatic rings. The fraction of sp³-hybridized carbons (Fsp3) is 0.150. The van der Waals surface area contributed by atoms with Crippen LogP contribution in [-0.4, -0.2) is 16.8 Å². The average Bonchev–Trinajstić information content (AvgIpc) is 3.20. The van der Waals surface area contributed by atoms with Gasteiger partial charge < -0.3 is 15.1 Å². The highest BCUT2D eigenvalue weighted by Gasteiger charge is 2.15. The SMILES string of the molecule is CC(NC(=O)c1cccc(C(=O)NCc2ccco2)n1)c1ccccc1. The van der Waals surface area contributed by atoms with Gasteiger partial charge >= 0.3 is 0 Å². The molecule has 6 nitrogen and oxygen atoms in total. The predicted molar refractivity (Wildman–Crippen MR) is 96.4 cm³/mol. The summed E-state index contributed by atoms with van der Waals surface area (Å²) in [7, 11) is 0. The molecule has 0 aliphatic heterocycles. The fourth-order valence-electron chi connectivity index (χ4n) is 2.45. The lowest BCUT2D eigenvalue weighted by molar-refractivity contribution is 0.0933. The molecule has 26 heavy (non-hydrogen) atoms. The van der Waals surface area contributed by atoms with Crippen molar-refractivity contribution in [2.75, 3.05) is 0 Å². The molecule has 0 fully saturated rings. The number of aromatic nitrogens is 1. The van der Waals surface area contributed by atoms with Crippen molar-refractivity contribution in [2.24, 2.45) is 0 Å². The molecule has 2 heterocycles. The Morgan fingerprint density at radius 3 is 2.38 bits per heavy atom. The summed E-state index contributed by atoms with van der Waals surface area (Å²) in [5.74, 6) is -0.0573. The minimum Gasteiger partial charge on any atom is -0.467 e. The van der Waals surface area contributed by atoms with Crippen LogP contribution in [0.2, 0.25) is 0 Å². The molecular weight excluding hydrogens is 330 g/mol. The molecule has 0 radical (unpaired) electrons. The van der Waals surface area contributed by atoms with Gasteiger partial charge in [-0.1, -0.05) is 36.4 Å². The minimum absolute atomic E-state index is 0.165. The third-order valence-electron chi connectivity index (χ3n) is 3.86. The van der Waals surface area contributed by atoms with E-state index in [1.165, 1.54) is 0 Å². The fourth-order valence-corrected chi connectivity index (χ4v) is 2.45. The van der Waals surface area contributed by atoms with E-state index in [-0.39, 0.29) is 35.8 Å². The summed E-state index contributed by atoms with van der Waals surface area (Å²) in [6.45, 7) is 2.15. The number of pyridine rings is 1. The van der Waals surface area contributed by atoms with Crippen LogP contribution in [0.5, 0.6) is 0 Å². The number of furan rings is 1. The van der Waals surface area contributed by atoms with Gasteiger partial charge in [0.1, 0.15) is 17.1 Å². The van der Waals surface area contributed by atoms with E-state index in [1.54, 1.807) is 36.6 Å². The van der Waals surface area contributed by atoms with Crippen molar-refractivity contribution in [2.45, 2.75) is 19.5 Å². The largest absolute Gasteiger partial charge is 0.467 e. The second-order valence-corrected chi connectivity index (χ2v) is 5.78. The third kappa shape index (κ3) is 4.36. The van der Waals surface area contributed by atoms with Gasteiger partial charge in [0, 0.05) is 0 Å². The van der Waals surface area contributed by atoms with Crippen LogP contribution < -0.4 is 10.6 Å². The molecule has 6 heteroatoms. The number of benzene rings is 1. The Balaban J connectivity index is 1.64. The first kappa shape index (κ1) is 17.4. The smallest absolute Gasteiger partial charge is 0.270 e. The van der Waals surface area contributed by atoms with Crippen molar-refractivity contribution >= 4 is 11.8 Å². The van der Waals surface area contributed by atoms with Gasteiger partial charge in [0.15, 0.2) is 0 Å². The average molecular weight is 349 g/mol. The monoisotopic (exact) mass is 349 g/mol. The maximum atomic E-state index is 12.4. The molecule has 1 unspecified atom stereocenters. The van der Waals surface area contributed by atoms with Crippen molar-refractivity contribution in [1.82, 2.24) is 15.6 Å². The van der Waals surface area contributed by atoms with Crippen LogP contribution in [0, 0.1) is 0 Å². The van der Waals surface area contributed by atoms with E-state index < -0.39 is 0 Å². The lowest BCUT2D eigenvalue weighted by Gasteiger charge is -2.14. The summed E-state index contributed by atoms with van der Waals surface area (Å²) in [4.78, 5) is 28.8. The Kier molecular flexibility index (Phi) is 5.43. The number of amides is 2. The van der Waals surface area contributed by atoms with E-state index in [9.17, 15) is 9.59 Å². The first-order valence-electron chi connectivity index (χ1n) is 8.27. The molecule has 2 N–H and O–H groups in total. The number of carbonyl (C=O) groups is 2. The molecule has 0 spiro atoms. The zero-order valence-corrected chi connectivity index (χ0v) is 14.3. The number of nitrogens with zero attached hydrogens (tertiary/aromatic N) is 1. The van der Waals surface area contributed by atoms with Gasteiger partial charge in [0.05, 0.1) is 18.8 Å². The van der Waals surface area contributed by atoms with E-state index in [4.69, 9.17) is 4.42 Å². The molecule has 3 rings (SSSR count). The maximum absolute atomic E-state index is 12.4. The van der Waals surface area contributed by atoms with Crippen molar-refractivity contribution < 1.29 is 14.0 Å². The molecule has 2 amide bonds. The molecule has 0 saturated heterocycles. The van der Waals surface area contributed by atoms with E-state index >= 15 is 0 Å². The highest BCUT2D eigenvalue weighted by Crippen LogP contribution is 2.12. The Morgan fingerprint density at radius 2 is 1.69 bits per heavy atom. The predicted octanol–water partition coefficient (Wildman–Crippen LogP) is 3.10. The minimum atomic E-state index is -0.368. The lowest BCUT2D eigenvalue weighted by atomic mass is 10.1. The van der Waals surface area contributed by atoms with Gasteiger partial charge in [-0.3, -0.25) is 9.59 Å². The molecule has 1 atom stereocenters. The topological polar surface area (TPSA) is 84.2 Å². The second kappa shape index (κ2) is 8.11. The third-order valence-corrected chi connectivity index (χ3v) is 3.86. The van der Waals surface area contributed by atoms with Gasteiger partial charge in [0.2, 0.25) is 0 Å². The van der Waals surface area contributed by atoms with E-state index in [2.05, 4.69) is 15.6 Å². The van der Waals surface area contributed by atoms with Crippen LogP contribution in [0.15, 0.2) is 71.3 Å². The number of carbonyl (C=O) groups excluding carboxylic acids is 2. The summed E-state index contributed by atoms with van der Waals surface area (Å²) < 4.78 is 5.17. The number of hydrogen-bond acceptors (Lipinski definition) is 4. The van der Waals surface area contributed by atoms with E-state index in [1.807, 2.05) is 37.3 Å². The van der Waals surface area contributed by atoms with E-state index in [0.717, 1.165) is 5.56 Å². The highest BCUT2D eigenvalue weighted by atomic mass is 16.3. The summed E-state index contributed by atoms with van der Waals surface area (Å²) in [6, 6.07) is 17.8. The highest BCUT2D eigenvalue weighted by molar-refractivity contribution is 5.96. The first-order valence-corrected chi connectivity index (χ1v) is 8.27. The van der Waals surface area contributed by atoms with Crippen molar-refractivity contribution in [1.29, 1.82) is 0 Å². The van der Waals surface area contributed by atoms with Crippen LogP contribution in [0.1, 0.15) is 45.3 Å². The van der Waals surface area contributed by atoms with Gasteiger partial charge in [-0.2, -0.15) is 0 Å². The lowest BCUT2D eigenvalue weighted by Crippen LogP contribution is -2.29. The molecule has 2 aromatic heterocycles. The summed E-state index contributed by atoms with van der Waals surface area (Å²) in [5.41, 5.74) is 1.36. The molecule has 0 aliphatic rings. The number of hydrogen-bond donors (Lipinski definition) is 2. The summed E-state index contributed by atoms with van der Waals surface area (Å²) in [5, 5.41) is 5.59. The maximum Gasteiger partial charge on any atom is 0.270 e. The Hall–Kier alpha value is -3.41. The molecule has 0 bridgehead atoms. The second-order valence-electron chi connectivity index (χ2n) is 5.78. The van der Waals surface area contributed by atoms with Crippen LogP contribution >= 0.6 is 0 Å². The Labute approximate surface area is 151 Å². The molecular formula is C20H19N3O3. The van der Waals surface area contributed by atoms with Crippen molar-refractivity contribution in [3.8, 4) is 0 Å². The van der Waals surface area contributed by atoms with Crippen LogP contribution in [0.25, 0.3) is 0 Å². The normalized spacial score (nSPS) is 11.6. The summed E-state index contributed by atoms with van der Waals surface area (Å²) >= 11 is 0. The van der Waals surface area contributed by atoms with Crippen LogP contribution in [-0.2, 0) is 6.54 Å². The number of rotatable bonds is 6.